The molecule has 4 nitrogen and oxygen atoms in total. The molecule has 0 aliphatic heterocycles. The summed E-state index contributed by atoms with van der Waals surface area (Å²) < 4.78 is 17.8. The van der Waals surface area contributed by atoms with Gasteiger partial charge >= 0.3 is 5.97 Å². The summed E-state index contributed by atoms with van der Waals surface area (Å²) in [7, 11) is 0. The van der Waals surface area contributed by atoms with Crippen LogP contribution in [0.4, 0.5) is 10.1 Å². The van der Waals surface area contributed by atoms with E-state index in [2.05, 4.69) is 4.98 Å². The van der Waals surface area contributed by atoms with E-state index < -0.39 is 5.97 Å². The van der Waals surface area contributed by atoms with Gasteiger partial charge < -0.3 is 10.5 Å². The quantitative estimate of drug-likeness (QED) is 0.861. The topological polar surface area (TPSA) is 65.2 Å². The van der Waals surface area contributed by atoms with Gasteiger partial charge in [0.05, 0.1) is 12.3 Å². The molecule has 0 aliphatic carbocycles. The number of hydrogen-bond acceptors (Lipinski definition) is 4. The van der Waals surface area contributed by atoms with Crippen LogP contribution in [0.25, 0.3) is 11.1 Å². The van der Waals surface area contributed by atoms with E-state index in [1.165, 1.54) is 18.3 Å². The van der Waals surface area contributed by atoms with Gasteiger partial charge in [-0.25, -0.2) is 14.2 Å². The van der Waals surface area contributed by atoms with Gasteiger partial charge in [0.1, 0.15) is 5.82 Å². The highest BCUT2D eigenvalue weighted by Gasteiger charge is 2.16. The highest BCUT2D eigenvalue weighted by molar-refractivity contribution is 5.97. The number of nitrogens with two attached hydrogens (primary N) is 1. The molecule has 0 unspecified atom stereocenters. The first-order chi connectivity index (χ1) is 9.13. The zero-order valence-electron chi connectivity index (χ0n) is 10.4. The molecule has 1 aromatic heterocycles. The van der Waals surface area contributed by atoms with Crippen molar-refractivity contribution in [2.24, 2.45) is 0 Å². The smallest absolute Gasteiger partial charge is 0.359 e. The van der Waals surface area contributed by atoms with E-state index in [4.69, 9.17) is 10.5 Å². The van der Waals surface area contributed by atoms with Gasteiger partial charge in [0.2, 0.25) is 0 Å². The van der Waals surface area contributed by atoms with Gasteiger partial charge in [0.25, 0.3) is 0 Å². The number of nitrogen functional groups attached to an aromatic ring is 1. The molecule has 19 heavy (non-hydrogen) atoms. The van der Waals surface area contributed by atoms with E-state index in [0.29, 0.717) is 11.1 Å². The van der Waals surface area contributed by atoms with Crippen LogP contribution in [-0.4, -0.2) is 17.6 Å². The molecule has 0 saturated heterocycles. The number of esters is 1. The van der Waals surface area contributed by atoms with E-state index in [-0.39, 0.29) is 23.8 Å². The molecule has 0 atom stereocenters. The van der Waals surface area contributed by atoms with Crippen molar-refractivity contribution in [1.82, 2.24) is 4.98 Å². The second kappa shape index (κ2) is 5.48. The number of hydrogen-bond donors (Lipinski definition) is 1. The van der Waals surface area contributed by atoms with Crippen LogP contribution in [0.5, 0.6) is 0 Å². The molecular weight excluding hydrogens is 247 g/mol. The molecule has 2 rings (SSSR count). The molecule has 0 saturated carbocycles. The number of pyridine rings is 1. The SMILES string of the molecule is CCOC(=O)c1nccc(-c2ccc(F)cc2)c1N. The summed E-state index contributed by atoms with van der Waals surface area (Å²) in [6.07, 6.45) is 1.47. The maximum Gasteiger partial charge on any atom is 0.359 e. The van der Waals surface area contributed by atoms with Crippen LogP contribution in [0.1, 0.15) is 17.4 Å². The molecule has 5 heteroatoms. The number of aromatic nitrogens is 1. The summed E-state index contributed by atoms with van der Waals surface area (Å²) in [5.74, 6) is -0.897. The summed E-state index contributed by atoms with van der Waals surface area (Å²) in [5, 5.41) is 0. The lowest BCUT2D eigenvalue weighted by molar-refractivity contribution is 0.0521. The highest BCUT2D eigenvalue weighted by atomic mass is 19.1. The second-order valence-corrected chi connectivity index (χ2v) is 3.85. The number of anilines is 1. The summed E-state index contributed by atoms with van der Waals surface area (Å²) in [4.78, 5) is 15.6. The number of carbonyl (C=O) groups excluding carboxylic acids is 1. The fourth-order valence-electron chi connectivity index (χ4n) is 1.72. The zero-order chi connectivity index (χ0) is 13.8. The van der Waals surface area contributed by atoms with Crippen LogP contribution in [0.15, 0.2) is 36.5 Å². The molecule has 2 N–H and O–H groups in total. The Morgan fingerprint density at radius 1 is 1.32 bits per heavy atom. The van der Waals surface area contributed by atoms with Crippen LogP contribution in [-0.2, 0) is 4.74 Å². The number of benzene rings is 1. The second-order valence-electron chi connectivity index (χ2n) is 3.85. The molecule has 2 aromatic rings. The van der Waals surface area contributed by atoms with Gasteiger partial charge in [-0.1, -0.05) is 12.1 Å². The highest BCUT2D eigenvalue weighted by Crippen LogP contribution is 2.27. The summed E-state index contributed by atoms with van der Waals surface area (Å²) in [5.41, 5.74) is 7.57. The molecular formula is C14H13FN2O2. The van der Waals surface area contributed by atoms with E-state index in [9.17, 15) is 9.18 Å². The van der Waals surface area contributed by atoms with Crippen molar-refractivity contribution in [3.63, 3.8) is 0 Å². The summed E-state index contributed by atoms with van der Waals surface area (Å²) in [6.45, 7) is 1.96. The Bertz CT molecular complexity index is 597. The molecule has 0 spiro atoms. The number of halogens is 1. The van der Waals surface area contributed by atoms with Crippen LogP contribution >= 0.6 is 0 Å². The summed E-state index contributed by atoms with van der Waals surface area (Å²) >= 11 is 0. The minimum atomic E-state index is -0.566. The van der Waals surface area contributed by atoms with Gasteiger partial charge in [-0.3, -0.25) is 0 Å². The standard InChI is InChI=1S/C14H13FN2O2/c1-2-19-14(18)13-12(16)11(7-8-17-13)9-3-5-10(15)6-4-9/h3-8H,2,16H2,1H3. The Morgan fingerprint density at radius 3 is 2.63 bits per heavy atom. The average molecular weight is 260 g/mol. The largest absolute Gasteiger partial charge is 0.461 e. The van der Waals surface area contributed by atoms with Crippen LogP contribution in [0, 0.1) is 5.82 Å². The Kier molecular flexibility index (Phi) is 3.75. The van der Waals surface area contributed by atoms with E-state index >= 15 is 0 Å². The minimum Gasteiger partial charge on any atom is -0.461 e. The van der Waals surface area contributed by atoms with E-state index in [0.717, 1.165) is 0 Å². The molecule has 0 fully saturated rings. The molecule has 0 radical (unpaired) electrons. The maximum atomic E-state index is 12.9. The third-order valence-corrected chi connectivity index (χ3v) is 2.61. The van der Waals surface area contributed by atoms with Gasteiger partial charge in [-0.2, -0.15) is 0 Å². The first-order valence-corrected chi connectivity index (χ1v) is 5.81. The van der Waals surface area contributed by atoms with Gasteiger partial charge in [0.15, 0.2) is 5.69 Å². The Morgan fingerprint density at radius 2 is 2.00 bits per heavy atom. The molecule has 0 aliphatic rings. The third kappa shape index (κ3) is 2.70. The number of ether oxygens (including phenoxy) is 1. The third-order valence-electron chi connectivity index (χ3n) is 2.61. The lowest BCUT2D eigenvalue weighted by atomic mass is 10.0. The van der Waals surface area contributed by atoms with Gasteiger partial charge in [0, 0.05) is 11.8 Å². The van der Waals surface area contributed by atoms with Gasteiger partial charge in [-0.15, -0.1) is 0 Å². The molecule has 1 aromatic carbocycles. The van der Waals surface area contributed by atoms with Crippen LogP contribution in [0.3, 0.4) is 0 Å². The fraction of sp³-hybridized carbons (Fsp3) is 0.143. The van der Waals surface area contributed by atoms with Crippen molar-refractivity contribution >= 4 is 11.7 Å². The number of carbonyl (C=O) groups is 1. The Hall–Kier alpha value is -2.43. The van der Waals surface area contributed by atoms with Gasteiger partial charge in [-0.05, 0) is 30.7 Å². The zero-order valence-corrected chi connectivity index (χ0v) is 10.4. The first kappa shape index (κ1) is 13.0. The van der Waals surface area contributed by atoms with Crippen molar-refractivity contribution in [3.05, 3.63) is 48.0 Å². The first-order valence-electron chi connectivity index (χ1n) is 5.81. The number of rotatable bonds is 3. The molecule has 98 valence electrons. The average Bonchev–Trinajstić information content (AvgIpc) is 2.40. The Labute approximate surface area is 110 Å². The Balaban J connectivity index is 2.45. The molecule has 0 bridgehead atoms. The van der Waals surface area contributed by atoms with Crippen LogP contribution < -0.4 is 5.73 Å². The molecule has 0 amide bonds. The van der Waals surface area contributed by atoms with Crippen molar-refractivity contribution in [2.45, 2.75) is 6.92 Å². The van der Waals surface area contributed by atoms with E-state index in [1.807, 2.05) is 0 Å². The monoisotopic (exact) mass is 260 g/mol. The van der Waals surface area contributed by atoms with E-state index in [1.54, 1.807) is 25.1 Å². The van der Waals surface area contributed by atoms with Crippen molar-refractivity contribution in [3.8, 4) is 11.1 Å². The lowest BCUT2D eigenvalue weighted by Crippen LogP contribution is -2.11. The predicted molar refractivity (Wildman–Crippen MR) is 70.0 cm³/mol. The normalized spacial score (nSPS) is 10.2. The fourth-order valence-corrected chi connectivity index (χ4v) is 1.72. The summed E-state index contributed by atoms with van der Waals surface area (Å²) in [6, 6.07) is 7.52. The minimum absolute atomic E-state index is 0.0728. The maximum absolute atomic E-state index is 12.9. The molecule has 1 heterocycles. The lowest BCUT2D eigenvalue weighted by Gasteiger charge is -2.09. The predicted octanol–water partition coefficient (Wildman–Crippen LogP) is 2.65. The van der Waals surface area contributed by atoms with Crippen molar-refractivity contribution in [2.75, 3.05) is 12.3 Å². The van der Waals surface area contributed by atoms with Crippen LogP contribution in [0.2, 0.25) is 0 Å². The number of nitrogens with zero attached hydrogens (tertiary/aromatic N) is 1. The van der Waals surface area contributed by atoms with Crippen molar-refractivity contribution < 1.29 is 13.9 Å². The van der Waals surface area contributed by atoms with Crippen molar-refractivity contribution in [1.29, 1.82) is 0 Å².